The zero-order valence-electron chi connectivity index (χ0n) is 7.32. The summed E-state index contributed by atoms with van der Waals surface area (Å²) in [6.45, 7) is 1.94. The molecule has 0 atom stereocenters. The summed E-state index contributed by atoms with van der Waals surface area (Å²) in [5.41, 5.74) is 0.860. The monoisotopic (exact) mass is 169 g/mol. The average molecular weight is 169 g/mol. The molecule has 1 heterocycles. The van der Waals surface area contributed by atoms with Crippen LogP contribution in [0.25, 0.3) is 10.8 Å². The van der Waals surface area contributed by atoms with E-state index in [1.807, 2.05) is 25.1 Å². The summed E-state index contributed by atoms with van der Waals surface area (Å²) in [5.74, 6) is 0. The Labute approximate surface area is 77.2 Å². The van der Waals surface area contributed by atoms with Crippen LogP contribution in [-0.2, 0) is 0 Å². The van der Waals surface area contributed by atoms with Gasteiger partial charge in [-0.05, 0) is 30.1 Å². The first-order chi connectivity index (χ1) is 6.20. The first-order valence-corrected chi connectivity index (χ1v) is 4.06. The minimum Gasteiger partial charge on any atom is -0.371 e. The second kappa shape index (κ2) is 2.77. The molecule has 0 amide bonds. The topological polar surface area (TPSA) is 22.0 Å². The largest absolute Gasteiger partial charge is 0.371 e. The van der Waals surface area contributed by atoms with E-state index in [-0.39, 0.29) is 5.56 Å². The highest BCUT2D eigenvalue weighted by Gasteiger charge is 2.01. The summed E-state index contributed by atoms with van der Waals surface area (Å²) >= 11 is 0. The molecule has 0 aliphatic heterocycles. The number of fused-ring (bicyclic) bond motifs is 1. The maximum atomic E-state index is 11.5. The fourth-order valence-electron chi connectivity index (χ4n) is 1.49. The van der Waals surface area contributed by atoms with Gasteiger partial charge in [0.05, 0.1) is 0 Å². The molecule has 0 fully saturated rings. The second-order valence-electron chi connectivity index (χ2n) is 3.07. The van der Waals surface area contributed by atoms with Gasteiger partial charge in [-0.25, -0.2) is 0 Å². The van der Waals surface area contributed by atoms with Crippen molar-refractivity contribution in [3.05, 3.63) is 46.4 Å². The summed E-state index contributed by atoms with van der Waals surface area (Å²) in [6, 6.07) is 7.46. The Bertz CT molecular complexity index is 516. The van der Waals surface area contributed by atoms with Crippen LogP contribution in [0.1, 0.15) is 5.56 Å². The first kappa shape index (κ1) is 8.11. The van der Waals surface area contributed by atoms with Crippen molar-refractivity contribution in [1.29, 1.82) is 0 Å². The molecule has 13 heavy (non-hydrogen) atoms. The van der Waals surface area contributed by atoms with Gasteiger partial charge in [-0.15, -0.1) is 0 Å². The standard InChI is InChI=1S/C10H8BNO/c1-7-6-12(11)10(13)9-5-3-2-4-8(7)9/h2-6H,1H3. The molecular formula is C10H8BNO. The van der Waals surface area contributed by atoms with Crippen molar-refractivity contribution in [3.63, 3.8) is 0 Å². The Morgan fingerprint density at radius 3 is 2.54 bits per heavy atom. The van der Waals surface area contributed by atoms with Gasteiger partial charge in [0.1, 0.15) is 0 Å². The molecule has 2 nitrogen and oxygen atoms in total. The molecule has 0 N–H and O–H groups in total. The van der Waals surface area contributed by atoms with Crippen LogP contribution in [-0.4, -0.2) is 12.5 Å². The molecule has 0 bridgehead atoms. The molecule has 0 saturated carbocycles. The van der Waals surface area contributed by atoms with Gasteiger partial charge in [0.25, 0.3) is 0 Å². The molecule has 2 aromatic rings. The van der Waals surface area contributed by atoms with Gasteiger partial charge in [-0.2, -0.15) is 0 Å². The number of hydrogen-bond acceptors (Lipinski definition) is 1. The van der Waals surface area contributed by atoms with Crippen molar-refractivity contribution < 1.29 is 0 Å². The van der Waals surface area contributed by atoms with E-state index in [1.54, 1.807) is 12.3 Å². The molecule has 62 valence electrons. The average Bonchev–Trinajstić information content (AvgIpc) is 2.15. The van der Waals surface area contributed by atoms with Crippen molar-refractivity contribution >= 4 is 18.8 Å². The van der Waals surface area contributed by atoms with Crippen LogP contribution >= 0.6 is 0 Å². The number of pyridine rings is 1. The lowest BCUT2D eigenvalue weighted by molar-refractivity contribution is 1.13. The lowest BCUT2D eigenvalue weighted by atomic mass is 10.1. The molecule has 0 spiro atoms. The van der Waals surface area contributed by atoms with Crippen molar-refractivity contribution in [1.82, 2.24) is 4.48 Å². The minimum atomic E-state index is -0.152. The Morgan fingerprint density at radius 1 is 1.23 bits per heavy atom. The van der Waals surface area contributed by atoms with Gasteiger partial charge in [0, 0.05) is 5.39 Å². The van der Waals surface area contributed by atoms with Crippen LogP contribution < -0.4 is 5.56 Å². The number of benzene rings is 1. The summed E-state index contributed by atoms with van der Waals surface area (Å²) < 4.78 is 1.12. The molecule has 0 aliphatic rings. The highest BCUT2D eigenvalue weighted by molar-refractivity contribution is 6.07. The molecule has 1 aromatic carbocycles. The van der Waals surface area contributed by atoms with E-state index in [2.05, 4.69) is 0 Å². The van der Waals surface area contributed by atoms with Gasteiger partial charge in [0.2, 0.25) is 13.5 Å². The van der Waals surface area contributed by atoms with Gasteiger partial charge in [-0.1, -0.05) is 18.2 Å². The van der Waals surface area contributed by atoms with Crippen molar-refractivity contribution in [2.24, 2.45) is 0 Å². The van der Waals surface area contributed by atoms with Crippen molar-refractivity contribution in [2.75, 3.05) is 0 Å². The number of nitrogens with zero attached hydrogens (tertiary/aromatic N) is 1. The smallest absolute Gasteiger partial charge is 0.245 e. The lowest BCUT2D eigenvalue weighted by Crippen LogP contribution is -2.18. The number of hydrogen-bond donors (Lipinski definition) is 0. The van der Waals surface area contributed by atoms with E-state index in [0.29, 0.717) is 5.39 Å². The van der Waals surface area contributed by atoms with Crippen LogP contribution in [0, 0.1) is 6.92 Å². The Kier molecular flexibility index (Phi) is 1.73. The molecule has 3 heteroatoms. The van der Waals surface area contributed by atoms with Crippen molar-refractivity contribution in [3.8, 4) is 0 Å². The van der Waals surface area contributed by atoms with E-state index in [0.717, 1.165) is 15.4 Å². The normalized spacial score (nSPS) is 10.5. The van der Waals surface area contributed by atoms with Crippen LogP contribution in [0.3, 0.4) is 0 Å². The molecule has 2 radical (unpaired) electrons. The molecular weight excluding hydrogens is 161 g/mol. The van der Waals surface area contributed by atoms with Crippen LogP contribution in [0.4, 0.5) is 0 Å². The third kappa shape index (κ3) is 1.17. The SMILES string of the molecule is [B]n1cc(C)c2ccccc2c1=O. The molecule has 2 rings (SSSR count). The van der Waals surface area contributed by atoms with Gasteiger partial charge in [-0.3, -0.25) is 4.79 Å². The quantitative estimate of drug-likeness (QED) is 0.543. The Morgan fingerprint density at radius 2 is 1.85 bits per heavy atom. The highest BCUT2D eigenvalue weighted by atomic mass is 16.1. The summed E-state index contributed by atoms with van der Waals surface area (Å²) in [5, 5.41) is 1.64. The van der Waals surface area contributed by atoms with Crippen LogP contribution in [0.5, 0.6) is 0 Å². The summed E-state index contributed by atoms with van der Waals surface area (Å²) in [6.07, 6.45) is 1.64. The zero-order valence-corrected chi connectivity index (χ0v) is 7.32. The fourth-order valence-corrected chi connectivity index (χ4v) is 1.49. The molecule has 0 aliphatic carbocycles. The molecule has 0 unspecified atom stereocenters. The predicted molar refractivity (Wildman–Crippen MR) is 54.1 cm³/mol. The fraction of sp³-hybridized carbons (Fsp3) is 0.100. The van der Waals surface area contributed by atoms with E-state index < -0.39 is 0 Å². The third-order valence-corrected chi connectivity index (χ3v) is 2.15. The van der Waals surface area contributed by atoms with Crippen molar-refractivity contribution in [2.45, 2.75) is 6.92 Å². The van der Waals surface area contributed by atoms with Gasteiger partial charge in [0.15, 0.2) is 0 Å². The molecule has 0 saturated heterocycles. The van der Waals surface area contributed by atoms with Gasteiger partial charge < -0.3 is 4.48 Å². The molecule has 1 aromatic heterocycles. The maximum Gasteiger partial charge on any atom is 0.245 e. The second-order valence-corrected chi connectivity index (χ2v) is 3.07. The highest BCUT2D eigenvalue weighted by Crippen LogP contribution is 2.12. The third-order valence-electron chi connectivity index (χ3n) is 2.15. The zero-order chi connectivity index (χ0) is 9.42. The first-order valence-electron chi connectivity index (χ1n) is 4.06. The van der Waals surface area contributed by atoms with Crippen LogP contribution in [0.2, 0.25) is 0 Å². The number of rotatable bonds is 0. The van der Waals surface area contributed by atoms with Crippen LogP contribution in [0.15, 0.2) is 35.3 Å². The van der Waals surface area contributed by atoms with Gasteiger partial charge >= 0.3 is 0 Å². The van der Waals surface area contributed by atoms with E-state index >= 15 is 0 Å². The van der Waals surface area contributed by atoms with E-state index in [1.165, 1.54) is 0 Å². The Hall–Kier alpha value is -1.51. The lowest BCUT2D eigenvalue weighted by Gasteiger charge is -2.04. The Balaban J connectivity index is 3.06. The number of aromatic nitrogens is 1. The van der Waals surface area contributed by atoms with E-state index in [9.17, 15) is 4.79 Å². The predicted octanol–water partition coefficient (Wildman–Crippen LogP) is 1.24. The maximum absolute atomic E-state index is 11.5. The summed E-state index contributed by atoms with van der Waals surface area (Å²) in [7, 11) is 5.49. The number of aryl methyl sites for hydroxylation is 1. The summed E-state index contributed by atoms with van der Waals surface area (Å²) in [4.78, 5) is 11.5. The minimum absolute atomic E-state index is 0.152. The van der Waals surface area contributed by atoms with E-state index in [4.69, 9.17) is 7.98 Å².